The summed E-state index contributed by atoms with van der Waals surface area (Å²) >= 11 is 0. The van der Waals surface area contributed by atoms with Gasteiger partial charge in [0, 0.05) is 5.39 Å². The predicted molar refractivity (Wildman–Crippen MR) is 108 cm³/mol. The zero-order chi connectivity index (χ0) is 21.6. The molecule has 1 saturated heterocycles. The summed E-state index contributed by atoms with van der Waals surface area (Å²) < 4.78 is 10.7. The third kappa shape index (κ3) is 3.51. The van der Waals surface area contributed by atoms with Gasteiger partial charge < -0.3 is 34.8 Å². The minimum atomic E-state index is -1.53. The standard InChI is InChI=1S/C22H25NO7/c1-10-7-12(13-4-6-16-15(8-13)11(2)23-30-16)3-5-14(10)18(25)22-21(28)20(27)19(26)17(9-24)29-22/h3-8,17-22,24-28H,9H2,1-2H3/t17-,18-,19?,20?,21?,22?/m1/s1. The minimum Gasteiger partial charge on any atom is -0.394 e. The normalized spacial score (nSPS) is 28.0. The minimum absolute atomic E-state index is 0.519. The van der Waals surface area contributed by atoms with Crippen LogP contribution >= 0.6 is 0 Å². The van der Waals surface area contributed by atoms with Crippen LogP contribution in [0.25, 0.3) is 22.1 Å². The van der Waals surface area contributed by atoms with E-state index in [4.69, 9.17) is 9.26 Å². The molecule has 6 atom stereocenters. The molecule has 30 heavy (non-hydrogen) atoms. The van der Waals surface area contributed by atoms with Gasteiger partial charge in [-0.25, -0.2) is 0 Å². The number of hydrogen-bond donors (Lipinski definition) is 5. The van der Waals surface area contributed by atoms with E-state index in [1.54, 1.807) is 6.07 Å². The molecule has 0 radical (unpaired) electrons. The second-order valence-electron chi connectivity index (χ2n) is 7.79. The first-order valence-electron chi connectivity index (χ1n) is 9.77. The number of nitrogens with zero attached hydrogens (tertiary/aromatic N) is 1. The molecular weight excluding hydrogens is 390 g/mol. The number of aromatic nitrogens is 1. The second kappa shape index (κ2) is 8.07. The molecule has 8 heteroatoms. The fraction of sp³-hybridized carbons (Fsp3) is 0.409. The second-order valence-corrected chi connectivity index (χ2v) is 7.79. The van der Waals surface area contributed by atoms with Crippen molar-refractivity contribution in [1.82, 2.24) is 5.16 Å². The maximum atomic E-state index is 10.8. The van der Waals surface area contributed by atoms with Crippen LogP contribution in [-0.2, 0) is 4.74 Å². The lowest BCUT2D eigenvalue weighted by atomic mass is 9.88. The zero-order valence-corrected chi connectivity index (χ0v) is 16.6. The topological polar surface area (TPSA) is 136 Å². The summed E-state index contributed by atoms with van der Waals surface area (Å²) in [5.41, 5.74) is 4.69. The van der Waals surface area contributed by atoms with Crippen molar-refractivity contribution in [1.29, 1.82) is 0 Å². The van der Waals surface area contributed by atoms with Crippen LogP contribution < -0.4 is 0 Å². The quantitative estimate of drug-likeness (QED) is 0.426. The molecule has 0 spiro atoms. The number of aliphatic hydroxyl groups excluding tert-OH is 5. The van der Waals surface area contributed by atoms with E-state index in [-0.39, 0.29) is 0 Å². The number of fused-ring (bicyclic) bond motifs is 1. The molecule has 1 aromatic heterocycles. The molecule has 4 unspecified atom stereocenters. The highest BCUT2D eigenvalue weighted by atomic mass is 16.6. The van der Waals surface area contributed by atoms with E-state index in [1.807, 2.05) is 44.2 Å². The van der Waals surface area contributed by atoms with Crippen LogP contribution in [0.15, 0.2) is 40.9 Å². The number of aliphatic hydroxyl groups is 5. The number of ether oxygens (including phenoxy) is 1. The first kappa shape index (κ1) is 20.9. The van der Waals surface area contributed by atoms with Crippen molar-refractivity contribution in [3.8, 4) is 11.1 Å². The van der Waals surface area contributed by atoms with E-state index in [1.165, 1.54) is 0 Å². The Bertz CT molecular complexity index is 1050. The van der Waals surface area contributed by atoms with Gasteiger partial charge in [0.2, 0.25) is 0 Å². The highest BCUT2D eigenvalue weighted by Gasteiger charge is 2.46. The third-order valence-electron chi connectivity index (χ3n) is 5.81. The fourth-order valence-corrected chi connectivity index (χ4v) is 3.99. The molecule has 2 aromatic carbocycles. The Labute approximate surface area is 172 Å². The van der Waals surface area contributed by atoms with Gasteiger partial charge in [-0.3, -0.25) is 0 Å². The fourth-order valence-electron chi connectivity index (χ4n) is 3.99. The molecule has 0 aliphatic carbocycles. The number of rotatable bonds is 4. The molecule has 0 amide bonds. The van der Waals surface area contributed by atoms with E-state index < -0.39 is 43.2 Å². The molecule has 1 fully saturated rings. The largest absolute Gasteiger partial charge is 0.394 e. The number of hydrogen-bond acceptors (Lipinski definition) is 8. The molecule has 0 saturated carbocycles. The van der Waals surface area contributed by atoms with Crippen LogP contribution in [0.2, 0.25) is 0 Å². The molecule has 2 heterocycles. The Kier molecular flexibility index (Phi) is 5.63. The lowest BCUT2D eigenvalue weighted by molar-refractivity contribution is -0.250. The van der Waals surface area contributed by atoms with E-state index in [0.717, 1.165) is 27.8 Å². The van der Waals surface area contributed by atoms with Gasteiger partial charge in [0.15, 0.2) is 5.58 Å². The van der Waals surface area contributed by atoms with E-state index >= 15 is 0 Å². The van der Waals surface area contributed by atoms with Gasteiger partial charge in [-0.05, 0) is 48.2 Å². The van der Waals surface area contributed by atoms with Crippen LogP contribution in [0.1, 0.15) is 22.9 Å². The van der Waals surface area contributed by atoms with Gasteiger partial charge in [0.1, 0.15) is 36.6 Å². The predicted octanol–water partition coefficient (Wildman–Crippen LogP) is 0.987. The number of aryl methyl sites for hydroxylation is 2. The van der Waals surface area contributed by atoms with Crippen molar-refractivity contribution < 1.29 is 34.8 Å². The van der Waals surface area contributed by atoms with Gasteiger partial charge in [0.05, 0.1) is 12.3 Å². The lowest BCUT2D eigenvalue weighted by Crippen LogP contribution is -2.59. The molecule has 5 N–H and O–H groups in total. The van der Waals surface area contributed by atoms with Gasteiger partial charge in [0.25, 0.3) is 0 Å². The van der Waals surface area contributed by atoms with Crippen LogP contribution in [-0.4, -0.2) is 67.8 Å². The van der Waals surface area contributed by atoms with Crippen LogP contribution in [0, 0.1) is 13.8 Å². The Morgan fingerprint density at radius 1 is 0.967 bits per heavy atom. The van der Waals surface area contributed by atoms with Crippen molar-refractivity contribution in [3.05, 3.63) is 53.2 Å². The highest BCUT2D eigenvalue weighted by molar-refractivity contribution is 5.85. The zero-order valence-electron chi connectivity index (χ0n) is 16.6. The van der Waals surface area contributed by atoms with Crippen molar-refractivity contribution in [2.45, 2.75) is 50.5 Å². The molecule has 8 nitrogen and oxygen atoms in total. The third-order valence-corrected chi connectivity index (χ3v) is 5.81. The summed E-state index contributed by atoms with van der Waals surface area (Å²) in [7, 11) is 0. The van der Waals surface area contributed by atoms with Crippen LogP contribution in [0.4, 0.5) is 0 Å². The molecular formula is C22H25NO7. The Balaban J connectivity index is 1.63. The Hall–Kier alpha value is -2.33. The number of benzene rings is 2. The molecule has 160 valence electrons. The van der Waals surface area contributed by atoms with E-state index in [0.29, 0.717) is 11.1 Å². The average molecular weight is 415 g/mol. The van der Waals surface area contributed by atoms with Crippen LogP contribution in [0.5, 0.6) is 0 Å². The van der Waals surface area contributed by atoms with Gasteiger partial charge in [-0.15, -0.1) is 0 Å². The summed E-state index contributed by atoms with van der Waals surface area (Å²) in [6, 6.07) is 11.3. The molecule has 1 aliphatic heterocycles. The summed E-state index contributed by atoms with van der Waals surface area (Å²) in [4.78, 5) is 0. The summed E-state index contributed by atoms with van der Waals surface area (Å²) in [6.45, 7) is 3.16. The lowest BCUT2D eigenvalue weighted by Gasteiger charge is -2.42. The van der Waals surface area contributed by atoms with Gasteiger partial charge >= 0.3 is 0 Å². The Morgan fingerprint density at radius 3 is 2.37 bits per heavy atom. The first-order valence-corrected chi connectivity index (χ1v) is 9.77. The molecule has 0 bridgehead atoms. The summed E-state index contributed by atoms with van der Waals surface area (Å²) in [6.07, 6.45) is -8.02. The first-order chi connectivity index (χ1) is 14.3. The van der Waals surface area contributed by atoms with Crippen molar-refractivity contribution in [3.63, 3.8) is 0 Å². The van der Waals surface area contributed by atoms with Crippen molar-refractivity contribution in [2.24, 2.45) is 0 Å². The van der Waals surface area contributed by atoms with Gasteiger partial charge in [-0.2, -0.15) is 0 Å². The van der Waals surface area contributed by atoms with Crippen molar-refractivity contribution >= 4 is 11.0 Å². The SMILES string of the molecule is Cc1cc(-c2ccc3onc(C)c3c2)ccc1[C@@H](O)C1O[C@H](CO)C(O)C(O)C1O. The molecule has 1 aliphatic rings. The summed E-state index contributed by atoms with van der Waals surface area (Å²) in [5, 5.41) is 55.3. The van der Waals surface area contributed by atoms with E-state index in [9.17, 15) is 25.5 Å². The van der Waals surface area contributed by atoms with Gasteiger partial charge in [-0.1, -0.05) is 29.4 Å². The Morgan fingerprint density at radius 2 is 1.67 bits per heavy atom. The molecule has 4 rings (SSSR count). The maximum absolute atomic E-state index is 10.8. The summed E-state index contributed by atoms with van der Waals surface area (Å²) in [5.74, 6) is 0. The smallest absolute Gasteiger partial charge is 0.167 e. The highest BCUT2D eigenvalue weighted by Crippen LogP contribution is 2.34. The average Bonchev–Trinajstić information content (AvgIpc) is 3.12. The van der Waals surface area contributed by atoms with Crippen LogP contribution in [0.3, 0.4) is 0 Å². The monoisotopic (exact) mass is 415 g/mol. The van der Waals surface area contributed by atoms with Crippen molar-refractivity contribution in [2.75, 3.05) is 6.61 Å². The van der Waals surface area contributed by atoms with E-state index in [2.05, 4.69) is 5.16 Å². The maximum Gasteiger partial charge on any atom is 0.167 e. The molecule has 3 aromatic rings.